The fraction of sp³-hybridized carbons (Fsp3) is 0.619. The van der Waals surface area contributed by atoms with Crippen LogP contribution in [0.1, 0.15) is 45.6 Å². The SMILES string of the molecule is COc1ccc(CNC(=O)[C@H](CS(=O)(=O)N2CCCCC2)NC(=O)OC(C)(C)C)cc1. The summed E-state index contributed by atoms with van der Waals surface area (Å²) < 4.78 is 37.4. The van der Waals surface area contributed by atoms with Crippen LogP contribution in [-0.2, 0) is 26.1 Å². The molecule has 174 valence electrons. The van der Waals surface area contributed by atoms with E-state index in [1.807, 2.05) is 0 Å². The third-order valence-electron chi connectivity index (χ3n) is 4.72. The summed E-state index contributed by atoms with van der Waals surface area (Å²) in [6, 6.07) is 5.83. The standard InChI is InChI=1S/C21H33N3O6S/c1-21(2,3)30-20(26)23-18(15-31(27,28)24-12-6-5-7-13-24)19(25)22-14-16-8-10-17(29-4)11-9-16/h8-11,18H,5-7,12-15H2,1-4H3,(H,22,25)(H,23,26)/t18-/m0/s1. The number of ether oxygens (including phenoxy) is 2. The molecule has 0 radical (unpaired) electrons. The molecule has 1 aliphatic rings. The van der Waals surface area contributed by atoms with E-state index in [1.54, 1.807) is 52.1 Å². The van der Waals surface area contributed by atoms with Gasteiger partial charge in [0.15, 0.2) is 0 Å². The minimum atomic E-state index is -3.72. The molecule has 1 aliphatic heterocycles. The van der Waals surface area contributed by atoms with Crippen molar-refractivity contribution < 1.29 is 27.5 Å². The molecule has 10 heteroatoms. The van der Waals surface area contributed by atoms with Crippen molar-refractivity contribution in [2.75, 3.05) is 26.0 Å². The van der Waals surface area contributed by atoms with Crippen molar-refractivity contribution >= 4 is 22.0 Å². The number of benzene rings is 1. The predicted molar refractivity (Wildman–Crippen MR) is 117 cm³/mol. The molecule has 0 aliphatic carbocycles. The van der Waals surface area contributed by atoms with Gasteiger partial charge < -0.3 is 20.1 Å². The zero-order chi connectivity index (χ0) is 23.1. The quantitative estimate of drug-likeness (QED) is 0.620. The lowest BCUT2D eigenvalue weighted by molar-refractivity contribution is -0.122. The first-order chi connectivity index (χ1) is 14.5. The van der Waals surface area contributed by atoms with E-state index in [4.69, 9.17) is 9.47 Å². The smallest absolute Gasteiger partial charge is 0.408 e. The highest BCUT2D eigenvalue weighted by Gasteiger charge is 2.33. The lowest BCUT2D eigenvalue weighted by atomic mass is 10.2. The van der Waals surface area contributed by atoms with Gasteiger partial charge in [0.25, 0.3) is 0 Å². The highest BCUT2D eigenvalue weighted by molar-refractivity contribution is 7.89. The van der Waals surface area contributed by atoms with Gasteiger partial charge in [-0.05, 0) is 51.3 Å². The number of methoxy groups -OCH3 is 1. The van der Waals surface area contributed by atoms with Gasteiger partial charge in [-0.15, -0.1) is 0 Å². The Labute approximate surface area is 184 Å². The number of sulfonamides is 1. The summed E-state index contributed by atoms with van der Waals surface area (Å²) in [6.45, 7) is 6.10. The van der Waals surface area contributed by atoms with Crippen LogP contribution in [0, 0.1) is 0 Å². The normalized spacial score (nSPS) is 16.3. The Morgan fingerprint density at radius 2 is 1.71 bits per heavy atom. The number of hydrogen-bond acceptors (Lipinski definition) is 6. The summed E-state index contributed by atoms with van der Waals surface area (Å²) in [7, 11) is -2.16. The fourth-order valence-electron chi connectivity index (χ4n) is 3.15. The second-order valence-corrected chi connectivity index (χ2v) is 10.5. The number of rotatable bonds is 8. The molecule has 1 aromatic rings. The molecule has 9 nitrogen and oxygen atoms in total. The van der Waals surface area contributed by atoms with Crippen LogP contribution in [0.3, 0.4) is 0 Å². The van der Waals surface area contributed by atoms with Crippen molar-refractivity contribution in [2.24, 2.45) is 0 Å². The maximum Gasteiger partial charge on any atom is 0.408 e. The molecule has 31 heavy (non-hydrogen) atoms. The third kappa shape index (κ3) is 8.37. The number of amides is 2. The number of alkyl carbamates (subject to hydrolysis) is 1. The van der Waals surface area contributed by atoms with Crippen molar-refractivity contribution in [2.45, 2.75) is 58.2 Å². The second-order valence-electron chi connectivity index (χ2n) is 8.50. The molecule has 2 amide bonds. The van der Waals surface area contributed by atoms with E-state index in [0.717, 1.165) is 24.8 Å². The highest BCUT2D eigenvalue weighted by Crippen LogP contribution is 2.15. The maximum atomic E-state index is 12.9. The van der Waals surface area contributed by atoms with Crippen molar-refractivity contribution in [1.82, 2.24) is 14.9 Å². The molecule has 1 saturated heterocycles. The molecule has 1 aromatic carbocycles. The number of nitrogens with zero attached hydrogens (tertiary/aromatic N) is 1. The van der Waals surface area contributed by atoms with E-state index in [2.05, 4.69) is 10.6 Å². The minimum Gasteiger partial charge on any atom is -0.497 e. The summed E-state index contributed by atoms with van der Waals surface area (Å²) in [5, 5.41) is 5.12. The minimum absolute atomic E-state index is 0.180. The molecule has 1 fully saturated rings. The van der Waals surface area contributed by atoms with Crippen molar-refractivity contribution in [3.8, 4) is 5.75 Å². The van der Waals surface area contributed by atoms with Gasteiger partial charge in [0.05, 0.1) is 12.9 Å². The highest BCUT2D eigenvalue weighted by atomic mass is 32.2. The van der Waals surface area contributed by atoms with Gasteiger partial charge in [-0.3, -0.25) is 4.79 Å². The number of carbonyl (C=O) groups is 2. The summed E-state index contributed by atoms with van der Waals surface area (Å²) in [5.74, 6) is -0.435. The predicted octanol–water partition coefficient (Wildman–Crippen LogP) is 2.02. The average molecular weight is 456 g/mol. The zero-order valence-corrected chi connectivity index (χ0v) is 19.5. The van der Waals surface area contributed by atoms with Crippen molar-refractivity contribution in [3.63, 3.8) is 0 Å². The van der Waals surface area contributed by atoms with Crippen LogP contribution < -0.4 is 15.4 Å². The maximum absolute atomic E-state index is 12.9. The second kappa shape index (κ2) is 10.8. The van der Waals surface area contributed by atoms with Crippen LogP contribution in [-0.4, -0.2) is 62.3 Å². The Balaban J connectivity index is 2.09. The first-order valence-corrected chi connectivity index (χ1v) is 12.0. The lowest BCUT2D eigenvalue weighted by Crippen LogP contribution is -2.53. The fourth-order valence-corrected chi connectivity index (χ4v) is 4.83. The lowest BCUT2D eigenvalue weighted by Gasteiger charge is -2.28. The number of piperidine rings is 1. The molecule has 2 rings (SSSR count). The number of carbonyl (C=O) groups excluding carboxylic acids is 2. The van der Waals surface area contributed by atoms with Crippen LogP contribution >= 0.6 is 0 Å². The Morgan fingerprint density at radius 1 is 1.10 bits per heavy atom. The van der Waals surface area contributed by atoms with Gasteiger partial charge in [-0.1, -0.05) is 18.6 Å². The number of hydrogen-bond donors (Lipinski definition) is 2. The Bertz CT molecular complexity index is 843. The van der Waals surface area contributed by atoms with Crippen LogP contribution in [0.5, 0.6) is 5.75 Å². The van der Waals surface area contributed by atoms with E-state index in [-0.39, 0.29) is 6.54 Å². The molecular weight excluding hydrogens is 422 g/mol. The first-order valence-electron chi connectivity index (χ1n) is 10.4. The van der Waals surface area contributed by atoms with Gasteiger partial charge in [0, 0.05) is 19.6 Å². The summed E-state index contributed by atoms with van der Waals surface area (Å²) in [6.07, 6.45) is 1.71. The Kier molecular flexibility index (Phi) is 8.69. The zero-order valence-electron chi connectivity index (χ0n) is 18.6. The first kappa shape index (κ1) is 24.9. The average Bonchev–Trinajstić information content (AvgIpc) is 2.71. The molecule has 0 spiro atoms. The van der Waals surface area contributed by atoms with Crippen LogP contribution in [0.4, 0.5) is 4.79 Å². The Hall–Kier alpha value is -2.33. The molecule has 0 bridgehead atoms. The molecule has 1 atom stereocenters. The van der Waals surface area contributed by atoms with Crippen molar-refractivity contribution in [3.05, 3.63) is 29.8 Å². The molecular formula is C21H33N3O6S. The van der Waals surface area contributed by atoms with E-state index < -0.39 is 39.4 Å². The van der Waals surface area contributed by atoms with Crippen LogP contribution in [0.15, 0.2) is 24.3 Å². The molecule has 0 unspecified atom stereocenters. The van der Waals surface area contributed by atoms with Gasteiger partial charge in [-0.25, -0.2) is 17.5 Å². The van der Waals surface area contributed by atoms with Crippen molar-refractivity contribution in [1.29, 1.82) is 0 Å². The van der Waals surface area contributed by atoms with Crippen LogP contribution in [0.25, 0.3) is 0 Å². The van der Waals surface area contributed by atoms with Gasteiger partial charge >= 0.3 is 6.09 Å². The van der Waals surface area contributed by atoms with E-state index >= 15 is 0 Å². The topological polar surface area (TPSA) is 114 Å². The summed E-state index contributed by atoms with van der Waals surface area (Å²) in [5.41, 5.74) is 0.0315. The van der Waals surface area contributed by atoms with Gasteiger partial charge in [0.2, 0.25) is 15.9 Å². The number of nitrogens with one attached hydrogen (secondary N) is 2. The molecule has 1 heterocycles. The molecule has 0 saturated carbocycles. The Morgan fingerprint density at radius 3 is 2.26 bits per heavy atom. The van der Waals surface area contributed by atoms with Gasteiger partial charge in [0.1, 0.15) is 17.4 Å². The molecule has 2 N–H and O–H groups in total. The van der Waals surface area contributed by atoms with E-state index in [1.165, 1.54) is 4.31 Å². The monoisotopic (exact) mass is 455 g/mol. The summed E-state index contributed by atoms with van der Waals surface area (Å²) in [4.78, 5) is 25.1. The molecule has 0 aromatic heterocycles. The van der Waals surface area contributed by atoms with E-state index in [0.29, 0.717) is 18.8 Å². The van der Waals surface area contributed by atoms with Gasteiger partial charge in [-0.2, -0.15) is 0 Å². The third-order valence-corrected chi connectivity index (χ3v) is 6.63. The largest absolute Gasteiger partial charge is 0.497 e. The van der Waals surface area contributed by atoms with Crippen LogP contribution in [0.2, 0.25) is 0 Å². The summed E-state index contributed by atoms with van der Waals surface area (Å²) >= 11 is 0. The van der Waals surface area contributed by atoms with E-state index in [9.17, 15) is 18.0 Å².